The quantitative estimate of drug-likeness (QED) is 0.0831. The van der Waals surface area contributed by atoms with E-state index in [-0.39, 0.29) is 22.6 Å². The summed E-state index contributed by atoms with van der Waals surface area (Å²) in [7, 11) is 2.34. The number of ether oxygens (including phenoxy) is 8. The van der Waals surface area contributed by atoms with Gasteiger partial charge in [0.2, 0.25) is 23.2 Å². The minimum Gasteiger partial charge on any atom is -0.504 e. The lowest BCUT2D eigenvalue weighted by molar-refractivity contribution is -0.337. The van der Waals surface area contributed by atoms with Gasteiger partial charge in [-0.3, -0.25) is 4.79 Å². The molecule has 3 aliphatic heterocycles. The molecule has 2 aromatic carbocycles. The van der Waals surface area contributed by atoms with Crippen LogP contribution in [0.2, 0.25) is 0 Å². The third-order valence-corrected chi connectivity index (χ3v) is 9.72. The highest BCUT2D eigenvalue weighted by Gasteiger charge is 2.54. The van der Waals surface area contributed by atoms with Crippen LogP contribution in [0, 0.1) is 0 Å². The van der Waals surface area contributed by atoms with Crippen LogP contribution in [0.3, 0.4) is 0 Å². The number of phenols is 3. The maximum absolute atomic E-state index is 14.3. The molecule has 56 heavy (non-hydrogen) atoms. The first-order valence-electron chi connectivity index (χ1n) is 16.9. The second-order valence-corrected chi connectivity index (χ2v) is 13.3. The summed E-state index contributed by atoms with van der Waals surface area (Å²) >= 11 is 0. The number of aromatic hydroxyl groups is 3. The van der Waals surface area contributed by atoms with Crippen molar-refractivity contribution in [3.05, 3.63) is 34.5 Å². The van der Waals surface area contributed by atoms with Crippen molar-refractivity contribution in [3.8, 4) is 45.8 Å². The van der Waals surface area contributed by atoms with E-state index in [0.717, 1.165) is 13.2 Å². The molecule has 3 saturated heterocycles. The first-order chi connectivity index (χ1) is 26.6. The molecule has 6 rings (SSSR count). The van der Waals surface area contributed by atoms with Gasteiger partial charge in [-0.1, -0.05) is 0 Å². The van der Waals surface area contributed by atoms with Crippen molar-refractivity contribution in [1.29, 1.82) is 0 Å². The van der Waals surface area contributed by atoms with Gasteiger partial charge in [0.25, 0.3) is 0 Å². The smallest absolute Gasteiger partial charge is 0.239 e. The lowest BCUT2D eigenvalue weighted by atomic mass is 9.97. The molecule has 0 radical (unpaired) electrons. The Morgan fingerprint density at radius 1 is 0.804 bits per heavy atom. The minimum atomic E-state index is -2.21. The Hall–Kier alpha value is -4.11. The highest BCUT2D eigenvalue weighted by atomic mass is 16.8. The van der Waals surface area contributed by atoms with Gasteiger partial charge in [-0.05, 0) is 18.2 Å². The third-order valence-electron chi connectivity index (χ3n) is 9.72. The average molecular weight is 803 g/mol. The van der Waals surface area contributed by atoms with Crippen LogP contribution in [-0.4, -0.2) is 181 Å². The number of hydrogen-bond acceptors (Lipinski definition) is 22. The summed E-state index contributed by atoms with van der Waals surface area (Å²) in [5.41, 5.74) is -3.73. The van der Waals surface area contributed by atoms with Crippen molar-refractivity contribution in [2.24, 2.45) is 0 Å². The maximum atomic E-state index is 14.3. The summed E-state index contributed by atoms with van der Waals surface area (Å²) < 4.78 is 50.2. The summed E-state index contributed by atoms with van der Waals surface area (Å²) in [6.45, 7) is -3.17. The van der Waals surface area contributed by atoms with E-state index in [1.54, 1.807) is 0 Å². The number of phenolic OH excluding ortho intramolecular Hbond substituents is 3. The molecule has 0 aliphatic carbocycles. The molecular weight excluding hydrogens is 760 g/mol. The lowest BCUT2D eigenvalue weighted by Gasteiger charge is -2.44. The number of rotatable bonds is 12. The lowest BCUT2D eigenvalue weighted by Crippen LogP contribution is -2.63. The van der Waals surface area contributed by atoms with Crippen LogP contribution < -0.4 is 19.6 Å². The van der Waals surface area contributed by atoms with Crippen molar-refractivity contribution >= 4 is 11.0 Å². The van der Waals surface area contributed by atoms with Gasteiger partial charge >= 0.3 is 0 Å². The molecule has 3 fully saturated rings. The van der Waals surface area contributed by atoms with E-state index in [9.17, 15) is 66.1 Å². The second kappa shape index (κ2) is 16.4. The van der Waals surface area contributed by atoms with Crippen LogP contribution in [0.4, 0.5) is 0 Å². The van der Waals surface area contributed by atoms with E-state index < -0.39 is 145 Å². The first kappa shape index (κ1) is 41.5. The van der Waals surface area contributed by atoms with Crippen LogP contribution >= 0.6 is 0 Å². The maximum Gasteiger partial charge on any atom is 0.239 e. The van der Waals surface area contributed by atoms with Crippen molar-refractivity contribution in [2.45, 2.75) is 79.4 Å². The van der Waals surface area contributed by atoms with E-state index in [0.29, 0.717) is 0 Å². The van der Waals surface area contributed by atoms with Gasteiger partial charge in [0.05, 0.1) is 40.6 Å². The van der Waals surface area contributed by atoms with Gasteiger partial charge in [0.1, 0.15) is 65.4 Å². The summed E-state index contributed by atoms with van der Waals surface area (Å²) in [5, 5.41) is 125. The number of aliphatic hydroxyl groups is 9. The zero-order chi connectivity index (χ0) is 40.8. The summed E-state index contributed by atoms with van der Waals surface area (Å²) in [6.07, 6.45) is -22.0. The Bertz CT molecular complexity index is 1920. The molecule has 22 heteroatoms. The highest BCUT2D eigenvalue weighted by molar-refractivity contribution is 5.91. The summed E-state index contributed by atoms with van der Waals surface area (Å²) in [4.78, 5) is 14.3. The minimum absolute atomic E-state index is 0.00219. The zero-order valence-electron chi connectivity index (χ0n) is 29.5. The average Bonchev–Trinajstić information content (AvgIpc) is 3.46. The van der Waals surface area contributed by atoms with Crippen LogP contribution in [0.1, 0.15) is 0 Å². The molecular formula is C34H42O22. The molecule has 3 aliphatic rings. The monoisotopic (exact) mass is 802 g/mol. The molecule has 0 spiro atoms. The zero-order valence-corrected chi connectivity index (χ0v) is 29.5. The van der Waals surface area contributed by atoms with Gasteiger partial charge in [-0.25, -0.2) is 0 Å². The second-order valence-electron chi connectivity index (χ2n) is 13.3. The Labute approximate surface area is 314 Å². The van der Waals surface area contributed by atoms with E-state index in [4.69, 9.17) is 42.3 Å². The Kier molecular flexibility index (Phi) is 12.2. The van der Waals surface area contributed by atoms with Crippen LogP contribution in [0.15, 0.2) is 33.5 Å². The van der Waals surface area contributed by atoms with E-state index in [1.807, 2.05) is 0 Å². The van der Waals surface area contributed by atoms with Crippen LogP contribution in [-0.2, 0) is 23.7 Å². The Balaban J connectivity index is 1.43. The predicted molar refractivity (Wildman–Crippen MR) is 180 cm³/mol. The number of fused-ring (bicyclic) bond motifs is 1. The fourth-order valence-corrected chi connectivity index (χ4v) is 6.46. The van der Waals surface area contributed by atoms with Crippen LogP contribution in [0.25, 0.3) is 22.3 Å². The molecule has 5 unspecified atom stereocenters. The predicted octanol–water partition coefficient (Wildman–Crippen LogP) is -3.94. The third kappa shape index (κ3) is 7.41. The van der Waals surface area contributed by atoms with Gasteiger partial charge in [0.15, 0.2) is 47.4 Å². The van der Waals surface area contributed by atoms with Gasteiger partial charge in [0, 0.05) is 11.6 Å². The van der Waals surface area contributed by atoms with Crippen molar-refractivity contribution < 1.29 is 104 Å². The van der Waals surface area contributed by atoms with Crippen molar-refractivity contribution in [2.75, 3.05) is 40.6 Å². The fourth-order valence-electron chi connectivity index (χ4n) is 6.46. The molecule has 0 amide bonds. The molecule has 3 aromatic rings. The highest BCUT2D eigenvalue weighted by Crippen LogP contribution is 2.45. The van der Waals surface area contributed by atoms with Gasteiger partial charge in [-0.15, -0.1) is 0 Å². The summed E-state index contributed by atoms with van der Waals surface area (Å²) in [6, 6.07) is 4.67. The molecule has 1 aromatic heterocycles. The standard InChI is InChI=1S/C34H42O22/c1-48-14-5-11(3-4-12(14)37)26-28(22(42)18-15(52-26)6-13(38)27(49-2)21(18)41)55-32-29(56-33-30(46)34(47,9-36)10-51-33)24(44)20(40)17(54-32)8-50-31-25(45)23(43)19(39)16(7-35)53-31/h3-6,16-17,19-20,23-25,29-33,35-41,43-47H,7-10H2,1-2H3/t16?,17?,19-,20-,23+,24+,25?,29?,30-,31-,32+,33+,34?/m1/s1. The number of methoxy groups -OCH3 is 2. The van der Waals surface area contributed by atoms with E-state index >= 15 is 0 Å². The Morgan fingerprint density at radius 2 is 1.50 bits per heavy atom. The molecule has 310 valence electrons. The first-order valence-corrected chi connectivity index (χ1v) is 16.9. The number of benzene rings is 2. The summed E-state index contributed by atoms with van der Waals surface area (Å²) in [5.74, 6) is -3.64. The van der Waals surface area contributed by atoms with Crippen LogP contribution in [0.5, 0.6) is 34.5 Å². The normalized spacial score (nSPS) is 34.8. The van der Waals surface area contributed by atoms with Gasteiger partial charge in [-0.2, -0.15) is 0 Å². The number of hydrogen-bond donors (Lipinski definition) is 12. The number of aliphatic hydroxyl groups excluding tert-OH is 8. The molecule has 0 bridgehead atoms. The van der Waals surface area contributed by atoms with E-state index in [2.05, 4.69) is 0 Å². The fraction of sp³-hybridized carbons (Fsp3) is 0.559. The molecule has 22 nitrogen and oxygen atoms in total. The van der Waals surface area contributed by atoms with Crippen molar-refractivity contribution in [3.63, 3.8) is 0 Å². The Morgan fingerprint density at radius 3 is 2.14 bits per heavy atom. The molecule has 12 N–H and O–H groups in total. The largest absolute Gasteiger partial charge is 0.504 e. The topological polar surface area (TPSA) is 347 Å². The SMILES string of the molecule is COc1cc(-c2oc3cc(O)c(OC)c(O)c3c(=O)c2O[C@@H]2OC(CO[C@@H]3OC(CO)[C@@H](O)[C@H](O)C3O)[C@@H](O)[C@H](O)C2O[C@@H]2OCC(O)(CO)[C@@H]2O)ccc1O. The van der Waals surface area contributed by atoms with E-state index in [1.165, 1.54) is 25.3 Å². The van der Waals surface area contributed by atoms with Gasteiger partial charge < -0.3 is 104 Å². The molecule has 0 saturated carbocycles. The molecule has 4 heterocycles. The van der Waals surface area contributed by atoms with Crippen molar-refractivity contribution in [1.82, 2.24) is 0 Å². The molecule has 13 atom stereocenters.